The standard InChI is InChI=1S/C11H10ClNS/c12-10-6-5-9(14-10)11-7-3-1-2-4-8(7)13-11/h5-6H,1-4H2. The highest BCUT2D eigenvalue weighted by atomic mass is 35.5. The molecule has 1 saturated carbocycles. The Morgan fingerprint density at radius 3 is 2.79 bits per heavy atom. The number of aliphatic imine (C=N–C) groups is 1. The Kier molecular flexibility index (Phi) is 1.99. The summed E-state index contributed by atoms with van der Waals surface area (Å²) in [6.07, 6.45) is 5.01. The van der Waals surface area contributed by atoms with Crippen molar-refractivity contribution in [2.45, 2.75) is 25.7 Å². The highest BCUT2D eigenvalue weighted by molar-refractivity contribution is 7.17. The van der Waals surface area contributed by atoms with E-state index in [1.165, 1.54) is 47.5 Å². The summed E-state index contributed by atoms with van der Waals surface area (Å²) in [7, 11) is 0. The maximum Gasteiger partial charge on any atom is 0.0935 e. The lowest BCUT2D eigenvalue weighted by Gasteiger charge is -2.26. The van der Waals surface area contributed by atoms with Gasteiger partial charge in [-0.05, 0) is 37.8 Å². The van der Waals surface area contributed by atoms with E-state index in [1.54, 1.807) is 11.3 Å². The molecule has 1 aromatic heterocycles. The number of rotatable bonds is 1. The second-order valence-electron chi connectivity index (χ2n) is 3.70. The molecule has 0 unspecified atom stereocenters. The number of hydrogen-bond donors (Lipinski definition) is 0. The van der Waals surface area contributed by atoms with Gasteiger partial charge < -0.3 is 0 Å². The van der Waals surface area contributed by atoms with Crippen LogP contribution >= 0.6 is 22.9 Å². The molecule has 1 aromatic rings. The third-order valence-corrected chi connectivity index (χ3v) is 4.02. The molecule has 1 aliphatic heterocycles. The van der Waals surface area contributed by atoms with Gasteiger partial charge in [0.2, 0.25) is 0 Å². The van der Waals surface area contributed by atoms with Crippen LogP contribution in [0.4, 0.5) is 0 Å². The van der Waals surface area contributed by atoms with Gasteiger partial charge in [0, 0.05) is 11.3 Å². The van der Waals surface area contributed by atoms with Crippen LogP contribution in [0.1, 0.15) is 30.6 Å². The third-order valence-electron chi connectivity index (χ3n) is 2.78. The molecule has 0 amide bonds. The molecule has 1 nitrogen and oxygen atoms in total. The number of fused-ring (bicyclic) bond motifs is 1. The maximum absolute atomic E-state index is 5.91. The van der Waals surface area contributed by atoms with Gasteiger partial charge >= 0.3 is 0 Å². The molecule has 0 spiro atoms. The predicted octanol–water partition coefficient (Wildman–Crippen LogP) is 4.14. The zero-order valence-corrected chi connectivity index (χ0v) is 9.29. The largest absolute Gasteiger partial charge is 0.251 e. The van der Waals surface area contributed by atoms with E-state index >= 15 is 0 Å². The Hall–Kier alpha value is -0.600. The maximum atomic E-state index is 5.91. The number of hydrogen-bond acceptors (Lipinski definition) is 2. The molecule has 0 atom stereocenters. The average molecular weight is 224 g/mol. The quantitative estimate of drug-likeness (QED) is 0.679. The van der Waals surface area contributed by atoms with E-state index in [0.29, 0.717) is 0 Å². The van der Waals surface area contributed by atoms with Crippen LogP contribution < -0.4 is 0 Å². The lowest BCUT2D eigenvalue weighted by Crippen LogP contribution is -2.17. The van der Waals surface area contributed by atoms with Crippen molar-refractivity contribution in [3.63, 3.8) is 0 Å². The third kappa shape index (κ3) is 1.25. The Balaban J connectivity index is 1.94. The minimum absolute atomic E-state index is 0.854. The minimum atomic E-state index is 0.854. The van der Waals surface area contributed by atoms with Gasteiger partial charge in [0.05, 0.1) is 14.9 Å². The molecule has 1 fully saturated rings. The van der Waals surface area contributed by atoms with Crippen LogP contribution in [0.15, 0.2) is 22.7 Å². The molecule has 14 heavy (non-hydrogen) atoms. The molecule has 2 aliphatic rings. The van der Waals surface area contributed by atoms with Crippen LogP contribution in [0.5, 0.6) is 0 Å². The predicted molar refractivity (Wildman–Crippen MR) is 62.2 cm³/mol. The van der Waals surface area contributed by atoms with Crippen LogP contribution in [0.2, 0.25) is 4.34 Å². The van der Waals surface area contributed by atoms with E-state index in [1.807, 2.05) is 6.07 Å². The van der Waals surface area contributed by atoms with Crippen molar-refractivity contribution >= 4 is 34.3 Å². The summed E-state index contributed by atoms with van der Waals surface area (Å²) in [6, 6.07) is 4.02. The first-order chi connectivity index (χ1) is 6.84. The molecule has 0 N–H and O–H groups in total. The molecule has 0 saturated heterocycles. The number of nitrogens with zero attached hydrogens (tertiary/aromatic N) is 1. The van der Waals surface area contributed by atoms with E-state index in [9.17, 15) is 0 Å². The molecule has 3 heteroatoms. The number of halogens is 1. The fourth-order valence-electron chi connectivity index (χ4n) is 2.06. The lowest BCUT2D eigenvalue weighted by atomic mass is 9.87. The van der Waals surface area contributed by atoms with Crippen molar-refractivity contribution in [1.82, 2.24) is 0 Å². The topological polar surface area (TPSA) is 12.4 Å². The van der Waals surface area contributed by atoms with Gasteiger partial charge in [0.25, 0.3) is 0 Å². The zero-order chi connectivity index (χ0) is 9.54. The zero-order valence-electron chi connectivity index (χ0n) is 7.72. The molecular formula is C11H10ClNS. The first-order valence-corrected chi connectivity index (χ1v) is 6.11. The Labute approximate surface area is 92.1 Å². The molecular weight excluding hydrogens is 214 g/mol. The van der Waals surface area contributed by atoms with Crippen molar-refractivity contribution in [3.05, 3.63) is 26.9 Å². The Morgan fingerprint density at radius 2 is 2.07 bits per heavy atom. The molecule has 3 rings (SSSR count). The van der Waals surface area contributed by atoms with Crippen LogP contribution in [0, 0.1) is 0 Å². The van der Waals surface area contributed by atoms with E-state index < -0.39 is 0 Å². The van der Waals surface area contributed by atoms with Crippen molar-refractivity contribution in [3.8, 4) is 0 Å². The highest BCUT2D eigenvalue weighted by Gasteiger charge is 2.26. The smallest absolute Gasteiger partial charge is 0.0935 e. The number of thiophene rings is 1. The van der Waals surface area contributed by atoms with E-state index in [0.717, 1.165) is 4.34 Å². The van der Waals surface area contributed by atoms with Crippen LogP contribution in [0.25, 0.3) is 5.70 Å². The van der Waals surface area contributed by atoms with Gasteiger partial charge in [-0.25, -0.2) is 0 Å². The Bertz CT molecular complexity index is 442. The van der Waals surface area contributed by atoms with Gasteiger partial charge in [-0.1, -0.05) is 11.6 Å². The van der Waals surface area contributed by atoms with E-state index in [-0.39, 0.29) is 0 Å². The molecule has 0 bridgehead atoms. The molecule has 2 heterocycles. The SMILES string of the molecule is Clc1ccc(C2=C3CCCCC3=N2)s1. The summed E-state index contributed by atoms with van der Waals surface area (Å²) in [6.45, 7) is 0. The van der Waals surface area contributed by atoms with Gasteiger partial charge in [-0.15, -0.1) is 11.3 Å². The van der Waals surface area contributed by atoms with Crippen LogP contribution in [0.3, 0.4) is 0 Å². The number of allylic oxidation sites excluding steroid dienone is 1. The summed E-state index contributed by atoms with van der Waals surface area (Å²) in [5.41, 5.74) is 4.04. The van der Waals surface area contributed by atoms with Crippen molar-refractivity contribution in [2.75, 3.05) is 0 Å². The second-order valence-corrected chi connectivity index (χ2v) is 5.41. The van der Waals surface area contributed by atoms with E-state index in [2.05, 4.69) is 11.1 Å². The normalized spacial score (nSPS) is 20.2. The molecule has 0 aromatic carbocycles. The minimum Gasteiger partial charge on any atom is -0.251 e. The van der Waals surface area contributed by atoms with Gasteiger partial charge in [-0.3, -0.25) is 4.99 Å². The van der Waals surface area contributed by atoms with Gasteiger partial charge in [-0.2, -0.15) is 0 Å². The molecule has 72 valence electrons. The van der Waals surface area contributed by atoms with Gasteiger partial charge in [0.15, 0.2) is 0 Å². The summed E-state index contributed by atoms with van der Waals surface area (Å²) in [4.78, 5) is 5.81. The summed E-state index contributed by atoms with van der Waals surface area (Å²) >= 11 is 7.54. The summed E-state index contributed by atoms with van der Waals surface area (Å²) < 4.78 is 0.854. The van der Waals surface area contributed by atoms with Crippen molar-refractivity contribution < 1.29 is 0 Å². The van der Waals surface area contributed by atoms with Crippen LogP contribution in [-0.4, -0.2) is 5.71 Å². The van der Waals surface area contributed by atoms with Gasteiger partial charge in [0.1, 0.15) is 0 Å². The molecule has 1 aliphatic carbocycles. The fourth-order valence-corrected chi connectivity index (χ4v) is 3.12. The summed E-state index contributed by atoms with van der Waals surface area (Å²) in [5.74, 6) is 0. The summed E-state index contributed by atoms with van der Waals surface area (Å²) in [5, 5.41) is 0. The fraction of sp³-hybridized carbons (Fsp3) is 0.364. The average Bonchev–Trinajstić information content (AvgIpc) is 2.54. The molecule has 0 radical (unpaired) electrons. The highest BCUT2D eigenvalue weighted by Crippen LogP contribution is 2.40. The first kappa shape index (κ1) is 8.69. The lowest BCUT2D eigenvalue weighted by molar-refractivity contribution is 0.725. The van der Waals surface area contributed by atoms with Crippen molar-refractivity contribution in [1.29, 1.82) is 0 Å². The second kappa shape index (κ2) is 3.21. The van der Waals surface area contributed by atoms with Crippen LogP contribution in [-0.2, 0) is 0 Å². The first-order valence-electron chi connectivity index (χ1n) is 4.91. The monoisotopic (exact) mass is 223 g/mol. The Morgan fingerprint density at radius 1 is 1.21 bits per heavy atom. The van der Waals surface area contributed by atoms with E-state index in [4.69, 9.17) is 11.6 Å². The van der Waals surface area contributed by atoms with Crippen molar-refractivity contribution in [2.24, 2.45) is 4.99 Å².